The Labute approximate surface area is 93.5 Å². The van der Waals surface area contributed by atoms with E-state index in [-0.39, 0.29) is 0 Å². The molecular weight excluding hydrogens is 200 g/mol. The van der Waals surface area contributed by atoms with Crippen LogP contribution in [0.1, 0.15) is 5.56 Å². The van der Waals surface area contributed by atoms with Gasteiger partial charge in [-0.25, -0.2) is 4.79 Å². The molecule has 3 nitrogen and oxygen atoms in total. The summed E-state index contributed by atoms with van der Waals surface area (Å²) in [6, 6.07) is 11.7. The van der Waals surface area contributed by atoms with Gasteiger partial charge in [-0.2, -0.15) is 4.99 Å². The highest BCUT2D eigenvalue weighted by Crippen LogP contribution is 2.20. The Morgan fingerprint density at radius 3 is 2.75 bits per heavy atom. The van der Waals surface area contributed by atoms with E-state index in [0.717, 1.165) is 11.3 Å². The van der Waals surface area contributed by atoms with Crippen molar-refractivity contribution < 1.29 is 4.79 Å². The lowest BCUT2D eigenvalue weighted by Crippen LogP contribution is -1.82. The standard InChI is InChI=1S/C13H10N2O/c1-10-3-2-4-11(7-10)13-6-5-12(8-14-13)15-9-16/h2-8H,1H3. The molecule has 0 saturated heterocycles. The number of rotatable bonds is 2. The molecule has 0 saturated carbocycles. The van der Waals surface area contributed by atoms with Gasteiger partial charge in [0.2, 0.25) is 6.08 Å². The molecule has 0 radical (unpaired) electrons. The van der Waals surface area contributed by atoms with E-state index in [4.69, 9.17) is 0 Å². The van der Waals surface area contributed by atoms with Crippen LogP contribution in [0.25, 0.3) is 11.3 Å². The lowest BCUT2D eigenvalue weighted by molar-refractivity contribution is 0.565. The summed E-state index contributed by atoms with van der Waals surface area (Å²) in [4.78, 5) is 17.8. The first-order chi connectivity index (χ1) is 7.79. The van der Waals surface area contributed by atoms with Gasteiger partial charge in [-0.05, 0) is 25.1 Å². The molecule has 0 aliphatic heterocycles. The fraction of sp³-hybridized carbons (Fsp3) is 0.0769. The van der Waals surface area contributed by atoms with Crippen molar-refractivity contribution in [3.05, 3.63) is 48.2 Å². The third kappa shape index (κ3) is 2.22. The summed E-state index contributed by atoms with van der Waals surface area (Å²) >= 11 is 0. The van der Waals surface area contributed by atoms with Crippen LogP contribution in [0.15, 0.2) is 47.6 Å². The number of aliphatic imine (C=N–C) groups is 1. The molecule has 3 heteroatoms. The third-order valence-corrected chi connectivity index (χ3v) is 2.24. The minimum atomic E-state index is 0.520. The van der Waals surface area contributed by atoms with Crippen LogP contribution in [-0.4, -0.2) is 11.1 Å². The van der Waals surface area contributed by atoms with Crippen molar-refractivity contribution in [1.82, 2.24) is 4.98 Å². The number of hydrogen-bond donors (Lipinski definition) is 0. The fourth-order valence-corrected chi connectivity index (χ4v) is 1.48. The van der Waals surface area contributed by atoms with Gasteiger partial charge in [0.15, 0.2) is 0 Å². The molecule has 1 aromatic heterocycles. The van der Waals surface area contributed by atoms with Gasteiger partial charge >= 0.3 is 0 Å². The molecule has 2 aromatic rings. The number of nitrogens with zero attached hydrogens (tertiary/aromatic N) is 2. The summed E-state index contributed by atoms with van der Waals surface area (Å²) in [5.74, 6) is 0. The number of benzene rings is 1. The molecule has 0 spiro atoms. The minimum Gasteiger partial charge on any atom is -0.254 e. The van der Waals surface area contributed by atoms with Crippen molar-refractivity contribution >= 4 is 11.8 Å². The maximum absolute atomic E-state index is 10.1. The molecule has 16 heavy (non-hydrogen) atoms. The number of pyridine rings is 1. The average Bonchev–Trinajstić information content (AvgIpc) is 2.30. The van der Waals surface area contributed by atoms with E-state index in [2.05, 4.69) is 16.0 Å². The largest absolute Gasteiger partial charge is 0.254 e. The van der Waals surface area contributed by atoms with Gasteiger partial charge in [0.25, 0.3) is 0 Å². The molecule has 0 unspecified atom stereocenters. The lowest BCUT2D eigenvalue weighted by atomic mass is 10.1. The Morgan fingerprint density at radius 2 is 2.12 bits per heavy atom. The molecule has 1 heterocycles. The van der Waals surface area contributed by atoms with E-state index in [9.17, 15) is 4.79 Å². The summed E-state index contributed by atoms with van der Waals surface area (Å²) in [5.41, 5.74) is 3.64. The van der Waals surface area contributed by atoms with Crippen LogP contribution in [0.2, 0.25) is 0 Å². The first-order valence-electron chi connectivity index (χ1n) is 4.90. The van der Waals surface area contributed by atoms with E-state index >= 15 is 0 Å². The highest BCUT2D eigenvalue weighted by Gasteiger charge is 1.99. The molecule has 0 fully saturated rings. The zero-order valence-electron chi connectivity index (χ0n) is 8.84. The molecule has 0 aliphatic carbocycles. The van der Waals surface area contributed by atoms with E-state index in [0.29, 0.717) is 5.69 Å². The van der Waals surface area contributed by atoms with Crippen LogP contribution < -0.4 is 0 Å². The maximum atomic E-state index is 10.1. The van der Waals surface area contributed by atoms with Crippen LogP contribution in [0.4, 0.5) is 5.69 Å². The van der Waals surface area contributed by atoms with Crippen LogP contribution in [-0.2, 0) is 4.79 Å². The van der Waals surface area contributed by atoms with Gasteiger partial charge in [-0.3, -0.25) is 4.98 Å². The molecule has 0 bridgehead atoms. The maximum Gasteiger partial charge on any atom is 0.240 e. The number of aromatic nitrogens is 1. The molecule has 0 atom stereocenters. The van der Waals surface area contributed by atoms with E-state index in [1.807, 2.05) is 31.2 Å². The summed E-state index contributed by atoms with van der Waals surface area (Å²) in [5, 5.41) is 0. The first-order valence-corrected chi connectivity index (χ1v) is 4.90. The number of hydrogen-bond acceptors (Lipinski definition) is 3. The second-order valence-electron chi connectivity index (χ2n) is 3.47. The lowest BCUT2D eigenvalue weighted by Gasteiger charge is -2.01. The second-order valence-corrected chi connectivity index (χ2v) is 3.47. The molecular formula is C13H10N2O. The SMILES string of the molecule is Cc1cccc(-c2ccc(N=C=O)cn2)c1. The minimum absolute atomic E-state index is 0.520. The smallest absolute Gasteiger partial charge is 0.240 e. The van der Waals surface area contributed by atoms with Gasteiger partial charge in [-0.1, -0.05) is 23.8 Å². The average molecular weight is 210 g/mol. The normalized spacial score (nSPS) is 9.56. The van der Waals surface area contributed by atoms with Crippen molar-refractivity contribution in [3.63, 3.8) is 0 Å². The van der Waals surface area contributed by atoms with Gasteiger partial charge in [0.1, 0.15) is 0 Å². The highest BCUT2D eigenvalue weighted by molar-refractivity contribution is 5.61. The van der Waals surface area contributed by atoms with Crippen LogP contribution in [0.3, 0.4) is 0 Å². The Morgan fingerprint density at radius 1 is 1.25 bits per heavy atom. The Balaban J connectivity index is 2.38. The Hall–Kier alpha value is -2.25. The second kappa shape index (κ2) is 4.51. The number of aryl methyl sites for hydroxylation is 1. The number of isocyanates is 1. The topological polar surface area (TPSA) is 42.3 Å². The van der Waals surface area contributed by atoms with Crippen molar-refractivity contribution in [2.75, 3.05) is 0 Å². The van der Waals surface area contributed by atoms with Gasteiger partial charge in [-0.15, -0.1) is 0 Å². The zero-order chi connectivity index (χ0) is 11.4. The van der Waals surface area contributed by atoms with E-state index in [1.54, 1.807) is 12.3 Å². The van der Waals surface area contributed by atoms with Crippen molar-refractivity contribution in [1.29, 1.82) is 0 Å². The summed E-state index contributed by atoms with van der Waals surface area (Å²) in [6.45, 7) is 2.04. The van der Waals surface area contributed by atoms with Crippen LogP contribution in [0, 0.1) is 6.92 Å². The molecule has 0 N–H and O–H groups in total. The molecule has 78 valence electrons. The Bertz CT molecular complexity index is 540. The molecule has 1 aromatic carbocycles. The van der Waals surface area contributed by atoms with Gasteiger partial charge in [0, 0.05) is 5.56 Å². The molecule has 0 aliphatic rings. The van der Waals surface area contributed by atoms with E-state index < -0.39 is 0 Å². The first kappa shape index (κ1) is 10.3. The van der Waals surface area contributed by atoms with Crippen molar-refractivity contribution in [2.45, 2.75) is 6.92 Å². The predicted molar refractivity (Wildman–Crippen MR) is 62.2 cm³/mol. The van der Waals surface area contributed by atoms with Crippen molar-refractivity contribution in [3.8, 4) is 11.3 Å². The highest BCUT2D eigenvalue weighted by atomic mass is 16.1. The molecule has 2 rings (SSSR count). The predicted octanol–water partition coefficient (Wildman–Crippen LogP) is 3.02. The van der Waals surface area contributed by atoms with Gasteiger partial charge < -0.3 is 0 Å². The van der Waals surface area contributed by atoms with Gasteiger partial charge in [0.05, 0.1) is 17.6 Å². The van der Waals surface area contributed by atoms with Crippen molar-refractivity contribution in [2.24, 2.45) is 4.99 Å². The zero-order valence-corrected chi connectivity index (χ0v) is 8.84. The summed E-state index contributed by atoms with van der Waals surface area (Å²) in [6.07, 6.45) is 3.05. The van der Waals surface area contributed by atoms with Crippen LogP contribution >= 0.6 is 0 Å². The fourth-order valence-electron chi connectivity index (χ4n) is 1.48. The third-order valence-electron chi connectivity index (χ3n) is 2.24. The summed E-state index contributed by atoms with van der Waals surface area (Å²) in [7, 11) is 0. The Kier molecular flexibility index (Phi) is 2.90. The number of carbonyl (C=O) groups excluding carboxylic acids is 1. The summed E-state index contributed by atoms with van der Waals surface area (Å²) < 4.78 is 0. The van der Waals surface area contributed by atoms with Crippen LogP contribution in [0.5, 0.6) is 0 Å². The van der Waals surface area contributed by atoms with E-state index in [1.165, 1.54) is 11.6 Å². The quantitative estimate of drug-likeness (QED) is 0.564. The monoisotopic (exact) mass is 210 g/mol. The molecule has 0 amide bonds.